The SMILES string of the molecule is CC(C)n1cc(Nc2nccc(-c3cc(C#N)c4c(c3)CCN4C(=O)Cc3ccccc3F)n2)cn1. The minimum Gasteiger partial charge on any atom is -0.321 e. The first-order valence-electron chi connectivity index (χ1n) is 11.7. The van der Waals surface area contributed by atoms with E-state index >= 15 is 0 Å². The number of nitriles is 1. The molecule has 0 bridgehead atoms. The fraction of sp³-hybridized carbons (Fsp3) is 0.222. The van der Waals surface area contributed by atoms with Crippen molar-refractivity contribution in [2.75, 3.05) is 16.8 Å². The van der Waals surface area contributed by atoms with Gasteiger partial charge in [0.15, 0.2) is 0 Å². The molecule has 2 aromatic heterocycles. The number of aromatic nitrogens is 4. The number of carbonyl (C=O) groups excluding carboxylic acids is 1. The molecule has 0 spiro atoms. The summed E-state index contributed by atoms with van der Waals surface area (Å²) in [7, 11) is 0. The maximum Gasteiger partial charge on any atom is 0.231 e. The molecule has 1 amide bonds. The number of anilines is 3. The van der Waals surface area contributed by atoms with Crippen LogP contribution in [0.5, 0.6) is 0 Å². The minimum absolute atomic E-state index is 0.0624. The quantitative estimate of drug-likeness (QED) is 0.424. The first-order valence-corrected chi connectivity index (χ1v) is 11.7. The van der Waals surface area contributed by atoms with E-state index in [1.807, 2.05) is 30.8 Å². The number of nitrogens with zero attached hydrogens (tertiary/aromatic N) is 6. The fourth-order valence-corrected chi connectivity index (χ4v) is 4.32. The van der Waals surface area contributed by atoms with Gasteiger partial charge in [-0.1, -0.05) is 18.2 Å². The minimum atomic E-state index is -0.411. The maximum atomic E-state index is 14.1. The predicted octanol–water partition coefficient (Wildman–Crippen LogP) is 4.81. The predicted molar refractivity (Wildman–Crippen MR) is 134 cm³/mol. The van der Waals surface area contributed by atoms with Gasteiger partial charge in [-0.2, -0.15) is 10.4 Å². The zero-order valence-corrected chi connectivity index (χ0v) is 19.9. The van der Waals surface area contributed by atoms with Crippen molar-refractivity contribution < 1.29 is 9.18 Å². The normalized spacial score (nSPS) is 12.5. The smallest absolute Gasteiger partial charge is 0.231 e. The summed E-state index contributed by atoms with van der Waals surface area (Å²) in [5.41, 5.74) is 4.39. The number of hydrogen-bond acceptors (Lipinski definition) is 6. The average Bonchev–Trinajstić information content (AvgIpc) is 3.52. The highest BCUT2D eigenvalue weighted by Crippen LogP contribution is 2.36. The van der Waals surface area contributed by atoms with Crippen molar-refractivity contribution in [2.45, 2.75) is 32.7 Å². The van der Waals surface area contributed by atoms with Crippen LogP contribution in [0.4, 0.5) is 21.7 Å². The number of fused-ring (bicyclic) bond motifs is 1. The monoisotopic (exact) mass is 481 g/mol. The van der Waals surface area contributed by atoms with Gasteiger partial charge < -0.3 is 10.2 Å². The van der Waals surface area contributed by atoms with E-state index in [2.05, 4.69) is 26.5 Å². The lowest BCUT2D eigenvalue weighted by Gasteiger charge is -2.19. The molecule has 0 unspecified atom stereocenters. The molecule has 8 nitrogen and oxygen atoms in total. The van der Waals surface area contributed by atoms with E-state index in [0.29, 0.717) is 41.4 Å². The molecule has 0 radical (unpaired) electrons. The number of rotatable bonds is 6. The van der Waals surface area contributed by atoms with Crippen LogP contribution >= 0.6 is 0 Å². The van der Waals surface area contributed by atoms with Crippen molar-refractivity contribution in [1.29, 1.82) is 5.26 Å². The van der Waals surface area contributed by atoms with Gasteiger partial charge in [-0.05, 0) is 55.7 Å². The maximum absolute atomic E-state index is 14.1. The van der Waals surface area contributed by atoms with E-state index in [0.717, 1.165) is 16.8 Å². The Bertz CT molecular complexity index is 1490. The summed E-state index contributed by atoms with van der Waals surface area (Å²) in [6.07, 6.45) is 5.79. The van der Waals surface area contributed by atoms with E-state index in [9.17, 15) is 14.4 Å². The van der Waals surface area contributed by atoms with Crippen LogP contribution in [-0.4, -0.2) is 32.2 Å². The molecular formula is C27H24FN7O. The zero-order valence-electron chi connectivity index (χ0n) is 19.9. The van der Waals surface area contributed by atoms with Crippen molar-refractivity contribution in [3.63, 3.8) is 0 Å². The second kappa shape index (κ2) is 9.58. The van der Waals surface area contributed by atoms with E-state index in [1.165, 1.54) is 6.07 Å². The number of benzene rings is 2. The average molecular weight is 482 g/mol. The Morgan fingerprint density at radius 1 is 1.25 bits per heavy atom. The zero-order chi connectivity index (χ0) is 25.2. The van der Waals surface area contributed by atoms with Crippen molar-refractivity contribution in [2.24, 2.45) is 0 Å². The Morgan fingerprint density at radius 3 is 2.83 bits per heavy atom. The number of halogens is 1. The van der Waals surface area contributed by atoms with E-state index < -0.39 is 5.82 Å². The van der Waals surface area contributed by atoms with Crippen LogP contribution in [0.25, 0.3) is 11.3 Å². The third-order valence-electron chi connectivity index (χ3n) is 6.12. The summed E-state index contributed by atoms with van der Waals surface area (Å²) in [4.78, 5) is 23.5. The van der Waals surface area contributed by atoms with E-state index in [1.54, 1.807) is 47.6 Å². The van der Waals surface area contributed by atoms with Gasteiger partial charge in [-0.15, -0.1) is 0 Å². The van der Waals surface area contributed by atoms with Gasteiger partial charge in [0.25, 0.3) is 0 Å². The molecule has 1 N–H and O–H groups in total. The first kappa shape index (κ1) is 23.2. The molecule has 0 fully saturated rings. The van der Waals surface area contributed by atoms with Crippen LogP contribution in [0.1, 0.15) is 36.6 Å². The second-order valence-electron chi connectivity index (χ2n) is 8.90. The van der Waals surface area contributed by atoms with Crippen LogP contribution in [0.2, 0.25) is 0 Å². The van der Waals surface area contributed by atoms with Crippen LogP contribution in [0, 0.1) is 17.1 Å². The van der Waals surface area contributed by atoms with Gasteiger partial charge in [0.2, 0.25) is 11.9 Å². The highest BCUT2D eigenvalue weighted by molar-refractivity contribution is 5.98. The van der Waals surface area contributed by atoms with Gasteiger partial charge in [-0.3, -0.25) is 9.48 Å². The van der Waals surface area contributed by atoms with Crippen molar-refractivity contribution in [1.82, 2.24) is 19.7 Å². The Hall–Kier alpha value is -4.58. The number of hydrogen-bond donors (Lipinski definition) is 1. The molecule has 9 heteroatoms. The lowest BCUT2D eigenvalue weighted by Crippen LogP contribution is -2.31. The Kier molecular flexibility index (Phi) is 6.17. The molecule has 2 aromatic carbocycles. The highest BCUT2D eigenvalue weighted by atomic mass is 19.1. The van der Waals surface area contributed by atoms with Gasteiger partial charge in [0.05, 0.1) is 35.2 Å². The van der Waals surface area contributed by atoms with Crippen molar-refractivity contribution >= 4 is 23.2 Å². The molecule has 1 aliphatic rings. The Morgan fingerprint density at radius 2 is 2.08 bits per heavy atom. The second-order valence-corrected chi connectivity index (χ2v) is 8.90. The highest BCUT2D eigenvalue weighted by Gasteiger charge is 2.29. The molecule has 0 saturated carbocycles. The third-order valence-corrected chi connectivity index (χ3v) is 6.12. The van der Waals surface area contributed by atoms with Crippen LogP contribution in [0.15, 0.2) is 61.1 Å². The van der Waals surface area contributed by atoms with Gasteiger partial charge in [0.1, 0.15) is 11.9 Å². The molecule has 0 aliphatic carbocycles. The van der Waals surface area contributed by atoms with Crippen molar-refractivity contribution in [3.05, 3.63) is 83.6 Å². The summed E-state index contributed by atoms with van der Waals surface area (Å²) in [6.45, 7) is 4.53. The molecule has 3 heterocycles. The summed E-state index contributed by atoms with van der Waals surface area (Å²) in [5, 5.41) is 17.4. The number of nitrogens with one attached hydrogen (secondary N) is 1. The Labute approximate surface area is 208 Å². The Balaban J connectivity index is 1.41. The summed E-state index contributed by atoms with van der Waals surface area (Å²) >= 11 is 0. The summed E-state index contributed by atoms with van der Waals surface area (Å²) < 4.78 is 15.9. The molecule has 36 heavy (non-hydrogen) atoms. The lowest BCUT2D eigenvalue weighted by atomic mass is 10.0. The van der Waals surface area contributed by atoms with Crippen LogP contribution in [-0.2, 0) is 17.6 Å². The van der Waals surface area contributed by atoms with E-state index in [-0.39, 0.29) is 18.4 Å². The van der Waals surface area contributed by atoms with Gasteiger partial charge >= 0.3 is 0 Å². The van der Waals surface area contributed by atoms with Gasteiger partial charge in [-0.25, -0.2) is 14.4 Å². The van der Waals surface area contributed by atoms with Gasteiger partial charge in [0, 0.05) is 30.5 Å². The van der Waals surface area contributed by atoms with E-state index in [4.69, 9.17) is 0 Å². The molecule has 5 rings (SSSR count). The number of amides is 1. The molecule has 4 aromatic rings. The molecular weight excluding hydrogens is 457 g/mol. The molecule has 180 valence electrons. The van der Waals surface area contributed by atoms with Crippen molar-refractivity contribution in [3.8, 4) is 17.3 Å². The standard InChI is InChI=1S/C27H24FN7O/c1-17(2)35-16-22(15-31-35)32-27-30-9-7-24(33-27)20-11-19-8-10-34(26(19)21(12-20)14-29)25(36)13-18-5-3-4-6-23(18)28/h3-7,9,11-12,15-17H,8,10,13H2,1-2H3,(H,30,32,33). The number of carbonyl (C=O) groups is 1. The molecule has 0 saturated heterocycles. The lowest BCUT2D eigenvalue weighted by molar-refractivity contribution is -0.117. The first-order chi connectivity index (χ1) is 17.4. The molecule has 1 aliphatic heterocycles. The summed E-state index contributed by atoms with van der Waals surface area (Å²) in [5.74, 6) is -0.235. The third kappa shape index (κ3) is 4.53. The van der Waals surface area contributed by atoms with Crippen LogP contribution < -0.4 is 10.2 Å². The summed E-state index contributed by atoms with van der Waals surface area (Å²) in [6, 6.07) is 14.2. The molecule has 0 atom stereocenters. The fourth-order valence-electron chi connectivity index (χ4n) is 4.32. The van der Waals surface area contributed by atoms with Crippen LogP contribution in [0.3, 0.4) is 0 Å². The topological polar surface area (TPSA) is 99.7 Å². The largest absolute Gasteiger partial charge is 0.321 e.